The van der Waals surface area contributed by atoms with Crippen LogP contribution in [0.4, 0.5) is 0 Å². The molecule has 2 aromatic heterocycles. The van der Waals surface area contributed by atoms with Gasteiger partial charge in [0.15, 0.2) is 0 Å². The first-order chi connectivity index (χ1) is 16.2. The standard InChI is InChI=1S/C28H18O5/c29-28(30)18(13-17-9-11-26-22(14-17)20-5-1-3-7-24(20)32-26)16-31-19-10-12-27-23(15-19)21-6-2-4-8-25(21)33-27/h1-15H,16H2,(H,29,30)/b18-13+. The quantitative estimate of drug-likeness (QED) is 0.295. The Morgan fingerprint density at radius 3 is 1.97 bits per heavy atom. The fourth-order valence-electron chi connectivity index (χ4n) is 4.16. The number of furan rings is 2. The van der Waals surface area contributed by atoms with Gasteiger partial charge in [-0.15, -0.1) is 0 Å². The fourth-order valence-corrected chi connectivity index (χ4v) is 4.16. The van der Waals surface area contributed by atoms with Crippen LogP contribution in [0, 0.1) is 0 Å². The van der Waals surface area contributed by atoms with E-state index in [1.54, 1.807) is 12.1 Å². The Hall–Kier alpha value is -4.51. The fraction of sp³-hybridized carbons (Fsp3) is 0.0357. The van der Waals surface area contributed by atoms with Crippen LogP contribution < -0.4 is 4.74 Å². The van der Waals surface area contributed by atoms with Crippen LogP contribution in [0.3, 0.4) is 0 Å². The summed E-state index contributed by atoms with van der Waals surface area (Å²) in [6.07, 6.45) is 1.63. The third kappa shape index (κ3) is 3.40. The van der Waals surface area contributed by atoms with Gasteiger partial charge in [-0.1, -0.05) is 42.5 Å². The van der Waals surface area contributed by atoms with Crippen molar-refractivity contribution in [2.75, 3.05) is 6.61 Å². The number of fused-ring (bicyclic) bond motifs is 6. The molecule has 0 radical (unpaired) electrons. The summed E-state index contributed by atoms with van der Waals surface area (Å²) in [7, 11) is 0. The smallest absolute Gasteiger partial charge is 0.335 e. The van der Waals surface area contributed by atoms with Crippen LogP contribution in [0.25, 0.3) is 50.0 Å². The second-order valence-electron chi connectivity index (χ2n) is 7.87. The molecule has 0 aliphatic heterocycles. The average molecular weight is 434 g/mol. The molecular formula is C28H18O5. The van der Waals surface area contributed by atoms with Crippen molar-refractivity contribution >= 4 is 55.9 Å². The Bertz CT molecular complexity index is 1700. The summed E-state index contributed by atoms with van der Waals surface area (Å²) >= 11 is 0. The van der Waals surface area contributed by atoms with E-state index >= 15 is 0 Å². The molecule has 0 spiro atoms. The van der Waals surface area contributed by atoms with Crippen molar-refractivity contribution in [3.8, 4) is 5.75 Å². The Morgan fingerprint density at radius 1 is 0.727 bits per heavy atom. The SMILES string of the molecule is O=C(O)/C(=C/c1ccc2oc3ccccc3c2c1)COc1ccc2oc3ccccc3c2c1. The zero-order chi connectivity index (χ0) is 22.4. The molecule has 0 saturated carbocycles. The van der Waals surface area contributed by atoms with Gasteiger partial charge in [0.25, 0.3) is 0 Å². The Kier molecular flexibility index (Phi) is 4.40. The molecule has 0 unspecified atom stereocenters. The molecule has 160 valence electrons. The third-order valence-corrected chi connectivity index (χ3v) is 5.76. The van der Waals surface area contributed by atoms with Crippen LogP contribution >= 0.6 is 0 Å². The zero-order valence-electron chi connectivity index (χ0n) is 17.4. The van der Waals surface area contributed by atoms with Gasteiger partial charge in [-0.25, -0.2) is 4.79 Å². The first-order valence-corrected chi connectivity index (χ1v) is 10.5. The second kappa shape index (κ2) is 7.57. The molecule has 33 heavy (non-hydrogen) atoms. The normalized spacial score (nSPS) is 12.2. The molecule has 1 N–H and O–H groups in total. The number of ether oxygens (including phenoxy) is 1. The van der Waals surface area contributed by atoms with Crippen molar-refractivity contribution in [2.45, 2.75) is 0 Å². The number of benzene rings is 4. The summed E-state index contributed by atoms with van der Waals surface area (Å²) in [5.74, 6) is -0.445. The van der Waals surface area contributed by atoms with E-state index in [1.165, 1.54) is 0 Å². The Morgan fingerprint density at radius 2 is 1.30 bits per heavy atom. The summed E-state index contributed by atoms with van der Waals surface area (Å²) in [5, 5.41) is 13.6. The van der Waals surface area contributed by atoms with Gasteiger partial charge in [0.05, 0.1) is 5.57 Å². The summed E-state index contributed by atoms with van der Waals surface area (Å²) in [4.78, 5) is 11.9. The zero-order valence-corrected chi connectivity index (χ0v) is 17.4. The van der Waals surface area contributed by atoms with Crippen molar-refractivity contribution in [2.24, 2.45) is 0 Å². The van der Waals surface area contributed by atoms with Crippen molar-refractivity contribution in [1.82, 2.24) is 0 Å². The number of para-hydroxylation sites is 2. The first-order valence-electron chi connectivity index (χ1n) is 10.5. The van der Waals surface area contributed by atoms with Crippen molar-refractivity contribution in [3.05, 3.63) is 96.1 Å². The predicted octanol–water partition coefficient (Wildman–Crippen LogP) is 7.03. The van der Waals surface area contributed by atoms with E-state index in [1.807, 2.05) is 78.9 Å². The maximum absolute atomic E-state index is 11.9. The largest absolute Gasteiger partial charge is 0.489 e. The van der Waals surface area contributed by atoms with Crippen molar-refractivity contribution in [3.63, 3.8) is 0 Å². The van der Waals surface area contributed by atoms with Crippen molar-refractivity contribution in [1.29, 1.82) is 0 Å². The number of rotatable bonds is 5. The Balaban J connectivity index is 1.31. The lowest BCUT2D eigenvalue weighted by molar-refractivity contribution is -0.132. The predicted molar refractivity (Wildman–Crippen MR) is 129 cm³/mol. The average Bonchev–Trinajstić information content (AvgIpc) is 3.39. The molecule has 0 atom stereocenters. The molecule has 0 amide bonds. The number of hydrogen-bond donors (Lipinski definition) is 1. The van der Waals surface area contributed by atoms with E-state index in [-0.39, 0.29) is 12.2 Å². The Labute approximate surface area is 188 Å². The number of carbonyl (C=O) groups is 1. The molecule has 6 rings (SSSR count). The third-order valence-electron chi connectivity index (χ3n) is 5.76. The highest BCUT2D eigenvalue weighted by atomic mass is 16.5. The minimum Gasteiger partial charge on any atom is -0.489 e. The minimum absolute atomic E-state index is 0.0687. The van der Waals surface area contributed by atoms with Gasteiger partial charge in [-0.2, -0.15) is 0 Å². The molecule has 6 aromatic rings. The molecule has 5 heteroatoms. The second-order valence-corrected chi connectivity index (χ2v) is 7.87. The maximum atomic E-state index is 11.9. The van der Waals surface area contributed by atoms with Crippen LogP contribution in [0.5, 0.6) is 5.75 Å². The number of carboxylic acid groups (broad SMARTS) is 1. The molecule has 4 aromatic carbocycles. The summed E-state index contributed by atoms with van der Waals surface area (Å²) in [5.41, 5.74) is 4.06. The monoisotopic (exact) mass is 434 g/mol. The lowest BCUT2D eigenvalue weighted by Crippen LogP contribution is -2.10. The van der Waals surface area contributed by atoms with E-state index in [9.17, 15) is 9.90 Å². The van der Waals surface area contributed by atoms with Gasteiger partial charge >= 0.3 is 5.97 Å². The lowest BCUT2D eigenvalue weighted by Gasteiger charge is -2.07. The van der Waals surface area contributed by atoms with Gasteiger partial charge in [-0.05, 0) is 54.1 Å². The van der Waals surface area contributed by atoms with E-state index < -0.39 is 5.97 Å². The molecule has 0 aliphatic carbocycles. The van der Waals surface area contributed by atoms with Crippen LogP contribution in [-0.4, -0.2) is 17.7 Å². The van der Waals surface area contributed by atoms with E-state index in [0.717, 1.165) is 49.4 Å². The molecule has 5 nitrogen and oxygen atoms in total. The molecular weight excluding hydrogens is 416 g/mol. The van der Waals surface area contributed by atoms with E-state index in [4.69, 9.17) is 13.6 Å². The van der Waals surface area contributed by atoms with Crippen LogP contribution in [-0.2, 0) is 4.79 Å². The highest BCUT2D eigenvalue weighted by Gasteiger charge is 2.12. The van der Waals surface area contributed by atoms with Gasteiger partial charge in [-0.3, -0.25) is 0 Å². The number of aliphatic carboxylic acids is 1. The molecule has 0 aliphatic rings. The topological polar surface area (TPSA) is 72.8 Å². The van der Waals surface area contributed by atoms with Crippen LogP contribution in [0.1, 0.15) is 5.56 Å². The molecule has 2 heterocycles. The van der Waals surface area contributed by atoms with Gasteiger partial charge in [0.2, 0.25) is 0 Å². The van der Waals surface area contributed by atoms with E-state index in [2.05, 4.69) is 0 Å². The number of hydrogen-bond acceptors (Lipinski definition) is 4. The summed E-state index contributed by atoms with van der Waals surface area (Å²) in [6, 6.07) is 26.7. The minimum atomic E-state index is -1.03. The maximum Gasteiger partial charge on any atom is 0.335 e. The molecule has 0 bridgehead atoms. The van der Waals surface area contributed by atoms with Crippen molar-refractivity contribution < 1.29 is 23.5 Å². The highest BCUT2D eigenvalue weighted by molar-refractivity contribution is 6.06. The van der Waals surface area contributed by atoms with E-state index in [0.29, 0.717) is 5.75 Å². The summed E-state index contributed by atoms with van der Waals surface area (Å²) < 4.78 is 17.6. The molecule has 0 saturated heterocycles. The van der Waals surface area contributed by atoms with Gasteiger partial charge < -0.3 is 18.7 Å². The summed E-state index contributed by atoms with van der Waals surface area (Å²) in [6.45, 7) is -0.0687. The number of carboxylic acids is 1. The highest BCUT2D eigenvalue weighted by Crippen LogP contribution is 2.32. The van der Waals surface area contributed by atoms with Crippen LogP contribution in [0.2, 0.25) is 0 Å². The van der Waals surface area contributed by atoms with Crippen LogP contribution in [0.15, 0.2) is 99.3 Å². The van der Waals surface area contributed by atoms with Gasteiger partial charge in [0.1, 0.15) is 34.7 Å². The lowest BCUT2D eigenvalue weighted by atomic mass is 10.1. The van der Waals surface area contributed by atoms with Gasteiger partial charge in [0, 0.05) is 21.5 Å². The molecule has 0 fully saturated rings. The first kappa shape index (κ1) is 19.2.